The molecule has 0 spiro atoms. The summed E-state index contributed by atoms with van der Waals surface area (Å²) >= 11 is 0. The molecule has 0 radical (unpaired) electrons. The van der Waals surface area contributed by atoms with E-state index in [2.05, 4.69) is 9.47 Å². The molecule has 12 heteroatoms. The number of esters is 2. The third-order valence-electron chi connectivity index (χ3n) is 3.07. The van der Waals surface area contributed by atoms with Crippen LogP contribution in [0.2, 0.25) is 0 Å². The summed E-state index contributed by atoms with van der Waals surface area (Å²) in [5, 5.41) is 0. The van der Waals surface area contributed by atoms with Gasteiger partial charge in [0.15, 0.2) is 0 Å². The quantitative estimate of drug-likeness (QED) is 0.314. The zero-order chi connectivity index (χ0) is 21.3. The van der Waals surface area contributed by atoms with E-state index < -0.39 is 58.6 Å². The molecule has 0 aliphatic rings. The van der Waals surface area contributed by atoms with Crippen molar-refractivity contribution in [2.75, 3.05) is 0 Å². The van der Waals surface area contributed by atoms with Gasteiger partial charge in [-0.05, 0) is 36.4 Å². The molecular weight excluding hydrogens is 408 g/mol. The Hall–Kier alpha value is -3.18. The summed E-state index contributed by atoms with van der Waals surface area (Å²) in [6.07, 6.45) is -10.3. The Bertz CT molecular complexity index is 842. The average Bonchev–Trinajstić information content (AvgIpc) is 2.56. The number of halogens is 8. The second-order valence-corrected chi connectivity index (χ2v) is 5.06. The second kappa shape index (κ2) is 7.44. The molecule has 2 aromatic rings. The van der Waals surface area contributed by atoms with Crippen molar-refractivity contribution in [3.05, 3.63) is 59.2 Å². The first kappa shape index (κ1) is 21.1. The van der Waals surface area contributed by atoms with Gasteiger partial charge in [0.25, 0.3) is 0 Å². The van der Waals surface area contributed by atoms with Crippen molar-refractivity contribution >= 4 is 11.9 Å². The van der Waals surface area contributed by atoms with Gasteiger partial charge in [0.05, 0.1) is 0 Å². The van der Waals surface area contributed by atoms with E-state index in [1.807, 2.05) is 0 Å². The van der Waals surface area contributed by atoms with Crippen LogP contribution in [0.15, 0.2) is 36.4 Å². The molecule has 4 nitrogen and oxygen atoms in total. The van der Waals surface area contributed by atoms with Gasteiger partial charge in [0.2, 0.25) is 0 Å². The number of alkyl halides is 6. The maximum atomic E-state index is 13.0. The van der Waals surface area contributed by atoms with Crippen molar-refractivity contribution in [2.45, 2.75) is 12.4 Å². The number of rotatable bonds is 2. The fraction of sp³-hybridized carbons (Fsp3) is 0.125. The van der Waals surface area contributed by atoms with Crippen molar-refractivity contribution in [3.63, 3.8) is 0 Å². The molecule has 150 valence electrons. The van der Waals surface area contributed by atoms with Gasteiger partial charge in [0, 0.05) is 0 Å². The lowest BCUT2D eigenvalue weighted by Gasteiger charge is -2.14. The zero-order valence-corrected chi connectivity index (χ0v) is 13.1. The molecule has 28 heavy (non-hydrogen) atoms. The topological polar surface area (TPSA) is 52.6 Å². The molecule has 0 unspecified atom stereocenters. The van der Waals surface area contributed by atoms with Gasteiger partial charge in [-0.3, -0.25) is 0 Å². The zero-order valence-electron chi connectivity index (χ0n) is 13.1. The van der Waals surface area contributed by atoms with E-state index in [9.17, 15) is 44.7 Å². The molecule has 0 aliphatic carbocycles. The lowest BCUT2D eigenvalue weighted by molar-refractivity contribution is -0.159. The van der Waals surface area contributed by atoms with E-state index in [4.69, 9.17) is 0 Å². The van der Waals surface area contributed by atoms with Crippen molar-refractivity contribution in [1.29, 1.82) is 0 Å². The van der Waals surface area contributed by atoms with Crippen LogP contribution in [0.25, 0.3) is 0 Å². The third kappa shape index (κ3) is 4.96. The van der Waals surface area contributed by atoms with Gasteiger partial charge in [0.1, 0.15) is 34.3 Å². The van der Waals surface area contributed by atoms with Crippen LogP contribution in [0.4, 0.5) is 35.1 Å². The van der Waals surface area contributed by atoms with Crippen LogP contribution in [0.3, 0.4) is 0 Å². The number of hydrogen-bond donors (Lipinski definition) is 0. The Morgan fingerprint density at radius 3 is 1.25 bits per heavy atom. The van der Waals surface area contributed by atoms with E-state index in [1.54, 1.807) is 0 Å². The first-order chi connectivity index (χ1) is 12.8. The summed E-state index contributed by atoms with van der Waals surface area (Å²) in [5.74, 6) is -9.42. The average molecular weight is 414 g/mol. The summed E-state index contributed by atoms with van der Waals surface area (Å²) < 4.78 is 111. The standard InChI is InChI=1S/C16H6F8O4/c17-7-1-3-11(9(5-7)15(19,20)21)27-13(25)14(26)28-12-4-2-8(18)6-10(12)16(22,23)24/h1-6H. The van der Waals surface area contributed by atoms with Crippen LogP contribution in [0.1, 0.15) is 11.1 Å². The maximum absolute atomic E-state index is 13.0. The molecule has 0 saturated carbocycles. The van der Waals surface area contributed by atoms with Gasteiger partial charge in [-0.25, -0.2) is 18.4 Å². The monoisotopic (exact) mass is 414 g/mol. The summed E-state index contributed by atoms with van der Waals surface area (Å²) in [5.41, 5.74) is -3.49. The number of hydrogen-bond acceptors (Lipinski definition) is 4. The third-order valence-corrected chi connectivity index (χ3v) is 3.07. The van der Waals surface area contributed by atoms with Crippen LogP contribution >= 0.6 is 0 Å². The lowest BCUT2D eigenvalue weighted by Crippen LogP contribution is -2.27. The van der Waals surface area contributed by atoms with Crippen molar-refractivity contribution in [2.24, 2.45) is 0 Å². The molecule has 0 N–H and O–H groups in total. The SMILES string of the molecule is O=C(Oc1ccc(F)cc1C(F)(F)F)C(=O)Oc1ccc(F)cc1C(F)(F)F. The molecule has 2 rings (SSSR count). The number of carbonyl (C=O) groups excluding carboxylic acids is 2. The molecular formula is C16H6F8O4. The van der Waals surface area contributed by atoms with Gasteiger partial charge in [-0.15, -0.1) is 0 Å². The molecule has 0 amide bonds. The predicted molar refractivity (Wildman–Crippen MR) is 74.1 cm³/mol. The smallest absolute Gasteiger partial charge is 0.417 e. The van der Waals surface area contributed by atoms with Crippen LogP contribution in [0, 0.1) is 11.6 Å². The molecule has 0 aromatic heterocycles. The van der Waals surface area contributed by atoms with E-state index in [1.165, 1.54) is 0 Å². The Morgan fingerprint density at radius 1 is 0.643 bits per heavy atom. The molecule has 0 fully saturated rings. The highest BCUT2D eigenvalue weighted by molar-refractivity contribution is 6.31. The molecule has 0 heterocycles. The minimum Gasteiger partial charge on any atom is -0.417 e. The van der Waals surface area contributed by atoms with E-state index in [0.717, 1.165) is 0 Å². The molecule has 2 aromatic carbocycles. The van der Waals surface area contributed by atoms with Gasteiger partial charge < -0.3 is 9.47 Å². The highest BCUT2D eigenvalue weighted by Crippen LogP contribution is 2.38. The van der Waals surface area contributed by atoms with Crippen LogP contribution < -0.4 is 9.47 Å². The van der Waals surface area contributed by atoms with Crippen LogP contribution in [-0.2, 0) is 21.9 Å². The normalized spacial score (nSPS) is 11.9. The Labute approximate surface area is 150 Å². The van der Waals surface area contributed by atoms with Gasteiger partial charge >= 0.3 is 24.3 Å². The number of carbonyl (C=O) groups is 2. The minimum absolute atomic E-state index is 0.0182. The van der Waals surface area contributed by atoms with Crippen molar-refractivity contribution < 1.29 is 54.2 Å². The van der Waals surface area contributed by atoms with Gasteiger partial charge in [-0.2, -0.15) is 26.3 Å². The molecule has 0 atom stereocenters. The molecule has 0 aliphatic heterocycles. The summed E-state index contributed by atoms with van der Waals surface area (Å²) in [4.78, 5) is 23.2. The molecule has 0 bridgehead atoms. The maximum Gasteiger partial charge on any atom is 0.423 e. The number of benzene rings is 2. The van der Waals surface area contributed by atoms with Crippen LogP contribution in [0.5, 0.6) is 11.5 Å². The highest BCUT2D eigenvalue weighted by atomic mass is 19.4. The van der Waals surface area contributed by atoms with Crippen molar-refractivity contribution in [3.8, 4) is 11.5 Å². The van der Waals surface area contributed by atoms with E-state index >= 15 is 0 Å². The fourth-order valence-corrected chi connectivity index (χ4v) is 1.91. The van der Waals surface area contributed by atoms with Gasteiger partial charge in [-0.1, -0.05) is 0 Å². The van der Waals surface area contributed by atoms with E-state index in [-0.39, 0.29) is 12.1 Å². The van der Waals surface area contributed by atoms with E-state index in [0.29, 0.717) is 24.3 Å². The highest BCUT2D eigenvalue weighted by Gasteiger charge is 2.38. The van der Waals surface area contributed by atoms with Crippen LogP contribution in [-0.4, -0.2) is 11.9 Å². The minimum atomic E-state index is -5.16. The summed E-state index contributed by atoms with van der Waals surface area (Å²) in [6.45, 7) is 0. The first-order valence-electron chi connectivity index (χ1n) is 6.96. The predicted octanol–water partition coefficient (Wildman–Crippen LogP) is 4.51. The first-order valence-corrected chi connectivity index (χ1v) is 6.96. The fourth-order valence-electron chi connectivity index (χ4n) is 1.91. The number of ether oxygens (including phenoxy) is 2. The largest absolute Gasteiger partial charge is 0.423 e. The Morgan fingerprint density at radius 2 is 0.964 bits per heavy atom. The van der Waals surface area contributed by atoms with Crippen molar-refractivity contribution in [1.82, 2.24) is 0 Å². The summed E-state index contributed by atoms with van der Waals surface area (Å²) in [6, 6.07) is 1.73. The summed E-state index contributed by atoms with van der Waals surface area (Å²) in [7, 11) is 0. The Kier molecular flexibility index (Phi) is 5.62. The second-order valence-electron chi connectivity index (χ2n) is 5.06. The lowest BCUT2D eigenvalue weighted by atomic mass is 10.2. The Balaban J connectivity index is 2.26. The molecule has 0 saturated heterocycles.